The van der Waals surface area contributed by atoms with Crippen LogP contribution in [-0.4, -0.2) is 17.7 Å². The molecule has 15 heavy (non-hydrogen) atoms. The lowest BCUT2D eigenvalue weighted by Gasteiger charge is -2.16. The van der Waals surface area contributed by atoms with Gasteiger partial charge in [0.15, 0.2) is 0 Å². The first-order valence-electron chi connectivity index (χ1n) is 5.42. The minimum atomic E-state index is -0.485. The minimum absolute atomic E-state index is 0.259. The lowest BCUT2D eigenvalue weighted by molar-refractivity contribution is 0.154. The number of hydrogen-bond acceptors (Lipinski definition) is 2. The Morgan fingerprint density at radius 3 is 2.73 bits per heavy atom. The molecule has 0 aliphatic carbocycles. The quantitative estimate of drug-likeness (QED) is 0.798. The summed E-state index contributed by atoms with van der Waals surface area (Å²) in [6, 6.07) is 6.48. The van der Waals surface area contributed by atoms with Crippen LogP contribution in [-0.2, 0) is 0 Å². The monoisotopic (exact) mass is 209 g/mol. The van der Waals surface area contributed by atoms with Gasteiger partial charge in [-0.2, -0.15) is 0 Å². The van der Waals surface area contributed by atoms with Crippen molar-refractivity contribution in [3.63, 3.8) is 0 Å². The van der Waals surface area contributed by atoms with Crippen LogP contribution in [0.4, 0.5) is 4.39 Å². The van der Waals surface area contributed by atoms with E-state index in [2.05, 4.69) is 5.32 Å². The van der Waals surface area contributed by atoms with E-state index in [1.807, 2.05) is 0 Å². The lowest BCUT2D eigenvalue weighted by atomic mass is 10.0. The maximum Gasteiger partial charge on any atom is 0.123 e. The van der Waals surface area contributed by atoms with Crippen molar-refractivity contribution in [3.8, 4) is 0 Å². The zero-order valence-corrected chi connectivity index (χ0v) is 8.62. The molecule has 2 rings (SSSR count). The molecule has 2 atom stereocenters. The fourth-order valence-electron chi connectivity index (χ4n) is 2.05. The van der Waals surface area contributed by atoms with E-state index in [0.717, 1.165) is 18.5 Å². The molecule has 1 aliphatic heterocycles. The van der Waals surface area contributed by atoms with Gasteiger partial charge in [0.05, 0.1) is 6.10 Å². The van der Waals surface area contributed by atoms with Gasteiger partial charge in [0.2, 0.25) is 0 Å². The maximum absolute atomic E-state index is 12.7. The molecular formula is C12H16FNO. The summed E-state index contributed by atoms with van der Waals surface area (Å²) < 4.78 is 12.7. The zero-order chi connectivity index (χ0) is 10.7. The number of hydrogen-bond donors (Lipinski definition) is 2. The Morgan fingerprint density at radius 1 is 1.40 bits per heavy atom. The smallest absolute Gasteiger partial charge is 0.123 e. The second kappa shape index (κ2) is 4.73. The second-order valence-electron chi connectivity index (χ2n) is 4.10. The Kier molecular flexibility index (Phi) is 3.34. The van der Waals surface area contributed by atoms with Crippen LogP contribution in [0.5, 0.6) is 0 Å². The van der Waals surface area contributed by atoms with Gasteiger partial charge in [-0.25, -0.2) is 4.39 Å². The molecule has 1 aliphatic rings. The molecule has 1 fully saturated rings. The van der Waals surface area contributed by atoms with Crippen molar-refractivity contribution in [1.29, 1.82) is 0 Å². The number of nitrogens with one attached hydrogen (secondary N) is 1. The van der Waals surface area contributed by atoms with Gasteiger partial charge >= 0.3 is 0 Å². The average Bonchev–Trinajstić information content (AvgIpc) is 2.71. The van der Waals surface area contributed by atoms with Crippen LogP contribution in [0, 0.1) is 5.82 Å². The van der Waals surface area contributed by atoms with Crippen LogP contribution in [0.25, 0.3) is 0 Å². The van der Waals surface area contributed by atoms with Crippen LogP contribution >= 0.6 is 0 Å². The number of aliphatic hydroxyl groups excluding tert-OH is 1. The fourth-order valence-corrected chi connectivity index (χ4v) is 2.05. The third-order valence-corrected chi connectivity index (χ3v) is 2.92. The molecular weight excluding hydrogens is 193 g/mol. The number of halogens is 1. The normalized spacial score (nSPS) is 22.9. The highest BCUT2D eigenvalue weighted by Gasteiger charge is 2.18. The van der Waals surface area contributed by atoms with Gasteiger partial charge in [0.1, 0.15) is 5.82 Å². The van der Waals surface area contributed by atoms with Gasteiger partial charge in [-0.15, -0.1) is 0 Å². The van der Waals surface area contributed by atoms with Crippen molar-refractivity contribution in [2.45, 2.75) is 31.4 Å². The van der Waals surface area contributed by atoms with E-state index < -0.39 is 6.10 Å². The molecule has 0 spiro atoms. The van der Waals surface area contributed by atoms with E-state index in [0.29, 0.717) is 12.5 Å². The largest absolute Gasteiger partial charge is 0.388 e. The van der Waals surface area contributed by atoms with Crippen molar-refractivity contribution in [1.82, 2.24) is 5.32 Å². The Balaban J connectivity index is 1.94. The Hall–Kier alpha value is -0.930. The van der Waals surface area contributed by atoms with Crippen molar-refractivity contribution >= 4 is 0 Å². The summed E-state index contributed by atoms with van der Waals surface area (Å²) >= 11 is 0. The first-order valence-corrected chi connectivity index (χ1v) is 5.42. The molecule has 1 aromatic rings. The maximum atomic E-state index is 12.7. The number of aliphatic hydroxyl groups is 1. The molecule has 0 saturated carbocycles. The van der Waals surface area contributed by atoms with Gasteiger partial charge in [0, 0.05) is 6.04 Å². The van der Waals surface area contributed by atoms with Gasteiger partial charge in [-0.3, -0.25) is 0 Å². The summed E-state index contributed by atoms with van der Waals surface area (Å²) in [5.41, 5.74) is 0.796. The first-order chi connectivity index (χ1) is 7.25. The molecule has 1 heterocycles. The standard InChI is InChI=1S/C12H16FNO/c13-10-5-3-9(4-6-10)12(15)8-11-2-1-7-14-11/h3-6,11-12,14-15H,1-2,7-8H2/t11-,12+/m0/s1. The topological polar surface area (TPSA) is 32.3 Å². The highest BCUT2D eigenvalue weighted by Crippen LogP contribution is 2.22. The second-order valence-corrected chi connectivity index (χ2v) is 4.10. The number of rotatable bonds is 3. The average molecular weight is 209 g/mol. The molecule has 0 amide bonds. The van der Waals surface area contributed by atoms with Gasteiger partial charge in [-0.1, -0.05) is 12.1 Å². The molecule has 2 nitrogen and oxygen atoms in total. The van der Waals surface area contributed by atoms with Crippen LogP contribution in [0.2, 0.25) is 0 Å². The summed E-state index contributed by atoms with van der Waals surface area (Å²) in [5, 5.41) is 13.2. The van der Waals surface area contributed by atoms with Crippen molar-refractivity contribution in [2.24, 2.45) is 0 Å². The molecule has 1 saturated heterocycles. The predicted octanol–water partition coefficient (Wildman–Crippen LogP) is 2.00. The fraction of sp³-hybridized carbons (Fsp3) is 0.500. The molecule has 0 bridgehead atoms. The van der Waals surface area contributed by atoms with E-state index in [9.17, 15) is 9.50 Å². The van der Waals surface area contributed by atoms with E-state index in [4.69, 9.17) is 0 Å². The third-order valence-electron chi connectivity index (χ3n) is 2.92. The predicted molar refractivity (Wildman–Crippen MR) is 57.0 cm³/mol. The van der Waals surface area contributed by atoms with Gasteiger partial charge in [0.25, 0.3) is 0 Å². The molecule has 0 radical (unpaired) electrons. The summed E-state index contributed by atoms with van der Waals surface area (Å²) in [7, 11) is 0. The Bertz CT molecular complexity index is 306. The SMILES string of the molecule is O[C@H](C[C@@H]1CCCN1)c1ccc(F)cc1. The van der Waals surface area contributed by atoms with E-state index >= 15 is 0 Å². The van der Waals surface area contributed by atoms with E-state index in [-0.39, 0.29) is 5.82 Å². The van der Waals surface area contributed by atoms with Crippen LogP contribution in [0.1, 0.15) is 30.9 Å². The van der Waals surface area contributed by atoms with Crippen molar-refractivity contribution < 1.29 is 9.50 Å². The number of benzene rings is 1. The first kappa shape index (κ1) is 10.6. The summed E-state index contributed by atoms with van der Waals surface area (Å²) in [6.45, 7) is 1.04. The van der Waals surface area contributed by atoms with Crippen molar-refractivity contribution in [2.75, 3.05) is 6.54 Å². The molecule has 82 valence electrons. The summed E-state index contributed by atoms with van der Waals surface area (Å²) in [6.07, 6.45) is 2.53. The molecule has 0 aromatic heterocycles. The van der Waals surface area contributed by atoms with E-state index in [1.165, 1.54) is 18.6 Å². The Labute approximate surface area is 89.1 Å². The lowest BCUT2D eigenvalue weighted by Crippen LogP contribution is -2.23. The van der Waals surface area contributed by atoms with Gasteiger partial charge in [-0.05, 0) is 43.5 Å². The highest BCUT2D eigenvalue weighted by atomic mass is 19.1. The third kappa shape index (κ3) is 2.76. The van der Waals surface area contributed by atoms with Crippen molar-refractivity contribution in [3.05, 3.63) is 35.6 Å². The zero-order valence-electron chi connectivity index (χ0n) is 8.62. The van der Waals surface area contributed by atoms with Crippen LogP contribution < -0.4 is 5.32 Å². The minimum Gasteiger partial charge on any atom is -0.388 e. The van der Waals surface area contributed by atoms with Crippen LogP contribution in [0.3, 0.4) is 0 Å². The summed E-state index contributed by atoms with van der Waals surface area (Å²) in [5.74, 6) is -0.259. The highest BCUT2D eigenvalue weighted by molar-refractivity contribution is 5.18. The molecule has 2 N–H and O–H groups in total. The Morgan fingerprint density at radius 2 is 2.13 bits per heavy atom. The summed E-state index contributed by atoms with van der Waals surface area (Å²) in [4.78, 5) is 0. The van der Waals surface area contributed by atoms with Crippen LogP contribution in [0.15, 0.2) is 24.3 Å². The molecule has 0 unspecified atom stereocenters. The molecule has 3 heteroatoms. The van der Waals surface area contributed by atoms with E-state index in [1.54, 1.807) is 12.1 Å². The van der Waals surface area contributed by atoms with Gasteiger partial charge < -0.3 is 10.4 Å². The molecule has 1 aromatic carbocycles.